The van der Waals surface area contributed by atoms with E-state index in [2.05, 4.69) is 0 Å². The molecule has 32 heavy (non-hydrogen) atoms. The van der Waals surface area contributed by atoms with Crippen LogP contribution in [-0.4, -0.2) is 23.8 Å². The van der Waals surface area contributed by atoms with E-state index in [1.165, 1.54) is 4.90 Å². The maximum Gasteiger partial charge on any atom is 0.257 e. The van der Waals surface area contributed by atoms with Crippen molar-refractivity contribution >= 4 is 35.2 Å². The van der Waals surface area contributed by atoms with E-state index < -0.39 is 0 Å². The van der Waals surface area contributed by atoms with Crippen molar-refractivity contribution in [2.75, 3.05) is 12.8 Å². The van der Waals surface area contributed by atoms with E-state index in [1.807, 2.05) is 49.4 Å². The van der Waals surface area contributed by atoms with Gasteiger partial charge in [-0.15, -0.1) is 0 Å². The summed E-state index contributed by atoms with van der Waals surface area (Å²) in [6, 6.07) is 18.9. The second-order valence-corrected chi connectivity index (χ2v) is 8.15. The highest BCUT2D eigenvalue weighted by molar-refractivity contribution is 6.35. The predicted octanol–water partition coefficient (Wildman–Crippen LogP) is 5.25. The number of carbonyl (C=O) groups excluding carboxylic acids is 2. The Balaban J connectivity index is 1.63. The standard InChI is InChI=1S/C26H23ClN2O3/c1-16-3-7-18(8-4-16)21-11-12-23(28)22(25(21)27)13-19-14-24(30)29(26(19)31)15-17-5-9-20(32-2)10-6-17/h3-13H,14-15,28H2,1-2H3. The van der Waals surface area contributed by atoms with Gasteiger partial charge in [0.15, 0.2) is 0 Å². The summed E-state index contributed by atoms with van der Waals surface area (Å²) in [4.78, 5) is 26.8. The minimum atomic E-state index is -0.331. The van der Waals surface area contributed by atoms with Gasteiger partial charge in [-0.05, 0) is 42.3 Å². The van der Waals surface area contributed by atoms with Crippen LogP contribution in [-0.2, 0) is 16.1 Å². The van der Waals surface area contributed by atoms with Crippen molar-refractivity contribution in [2.24, 2.45) is 0 Å². The van der Waals surface area contributed by atoms with E-state index >= 15 is 0 Å². The van der Waals surface area contributed by atoms with Gasteiger partial charge in [0.05, 0.1) is 25.1 Å². The zero-order chi connectivity index (χ0) is 22.8. The van der Waals surface area contributed by atoms with Gasteiger partial charge in [0.25, 0.3) is 5.91 Å². The molecule has 1 heterocycles. The third kappa shape index (κ3) is 4.25. The van der Waals surface area contributed by atoms with Crippen molar-refractivity contribution in [3.63, 3.8) is 0 Å². The average Bonchev–Trinajstić information content (AvgIpc) is 3.05. The van der Waals surface area contributed by atoms with Crippen LogP contribution in [0.4, 0.5) is 5.69 Å². The number of nitrogens with zero attached hydrogens (tertiary/aromatic N) is 1. The minimum Gasteiger partial charge on any atom is -0.497 e. The molecule has 6 heteroatoms. The highest BCUT2D eigenvalue weighted by Gasteiger charge is 2.34. The second kappa shape index (κ2) is 8.89. The molecule has 0 bridgehead atoms. The molecule has 0 aromatic heterocycles. The van der Waals surface area contributed by atoms with E-state index in [9.17, 15) is 9.59 Å². The molecule has 4 rings (SSSR count). The van der Waals surface area contributed by atoms with Crippen molar-refractivity contribution in [1.82, 2.24) is 4.90 Å². The van der Waals surface area contributed by atoms with Crippen molar-refractivity contribution in [2.45, 2.75) is 19.9 Å². The fraction of sp³-hybridized carbons (Fsp3) is 0.154. The SMILES string of the molecule is COc1ccc(CN2C(=O)CC(=Cc3c(N)ccc(-c4ccc(C)cc4)c3Cl)C2=O)cc1. The number of nitrogen functional groups attached to an aromatic ring is 1. The molecule has 0 aliphatic carbocycles. The summed E-state index contributed by atoms with van der Waals surface area (Å²) >= 11 is 6.70. The molecule has 0 unspecified atom stereocenters. The zero-order valence-corrected chi connectivity index (χ0v) is 18.6. The number of methoxy groups -OCH3 is 1. The summed E-state index contributed by atoms with van der Waals surface area (Å²) < 4.78 is 5.15. The van der Waals surface area contributed by atoms with Gasteiger partial charge in [-0.25, -0.2) is 0 Å². The van der Waals surface area contributed by atoms with Gasteiger partial charge in [-0.2, -0.15) is 0 Å². The van der Waals surface area contributed by atoms with Gasteiger partial charge in [-0.3, -0.25) is 14.5 Å². The number of imide groups is 1. The first-order valence-corrected chi connectivity index (χ1v) is 10.6. The number of anilines is 1. The van der Waals surface area contributed by atoms with Crippen molar-refractivity contribution in [3.05, 3.63) is 87.9 Å². The molecule has 3 aromatic carbocycles. The lowest BCUT2D eigenvalue weighted by atomic mass is 9.99. The van der Waals surface area contributed by atoms with Crippen molar-refractivity contribution in [3.8, 4) is 16.9 Å². The van der Waals surface area contributed by atoms with E-state index in [1.54, 1.807) is 31.4 Å². The number of hydrogen-bond donors (Lipinski definition) is 1. The molecule has 1 fully saturated rings. The topological polar surface area (TPSA) is 72.6 Å². The molecule has 0 radical (unpaired) electrons. The maximum atomic E-state index is 13.0. The number of likely N-dealkylation sites (tertiary alicyclic amines) is 1. The van der Waals surface area contributed by atoms with E-state index in [0.717, 1.165) is 22.3 Å². The lowest BCUT2D eigenvalue weighted by Gasteiger charge is -2.14. The van der Waals surface area contributed by atoms with Gasteiger partial charge in [-0.1, -0.05) is 59.6 Å². The Hall–Kier alpha value is -3.57. The summed E-state index contributed by atoms with van der Waals surface area (Å²) in [6.07, 6.45) is 1.66. The summed E-state index contributed by atoms with van der Waals surface area (Å²) in [5.41, 5.74) is 11.3. The highest BCUT2D eigenvalue weighted by Crippen LogP contribution is 2.36. The number of carbonyl (C=O) groups is 2. The number of benzene rings is 3. The van der Waals surface area contributed by atoms with Crippen LogP contribution >= 0.6 is 11.6 Å². The van der Waals surface area contributed by atoms with Gasteiger partial charge < -0.3 is 10.5 Å². The molecule has 5 nitrogen and oxygen atoms in total. The molecule has 1 aliphatic rings. The second-order valence-electron chi connectivity index (χ2n) is 7.78. The van der Waals surface area contributed by atoms with Crippen molar-refractivity contribution in [1.29, 1.82) is 0 Å². The van der Waals surface area contributed by atoms with Crippen LogP contribution in [0.15, 0.2) is 66.2 Å². The lowest BCUT2D eigenvalue weighted by Crippen LogP contribution is -2.28. The van der Waals surface area contributed by atoms with E-state index in [-0.39, 0.29) is 24.8 Å². The molecule has 0 saturated carbocycles. The van der Waals surface area contributed by atoms with Crippen LogP contribution in [0.25, 0.3) is 17.2 Å². The molecule has 3 aromatic rings. The fourth-order valence-electron chi connectivity index (χ4n) is 3.69. The molecular formula is C26H23ClN2O3. The number of amides is 2. The fourth-order valence-corrected chi connectivity index (χ4v) is 4.03. The Morgan fingerprint density at radius 1 is 1.03 bits per heavy atom. The zero-order valence-electron chi connectivity index (χ0n) is 17.9. The Bertz CT molecular complexity index is 1220. The summed E-state index contributed by atoms with van der Waals surface area (Å²) in [7, 11) is 1.59. The highest BCUT2D eigenvalue weighted by atomic mass is 35.5. The predicted molar refractivity (Wildman–Crippen MR) is 127 cm³/mol. The van der Waals surface area contributed by atoms with Gasteiger partial charge >= 0.3 is 0 Å². The molecule has 1 aliphatic heterocycles. The number of rotatable bonds is 5. The third-order valence-corrected chi connectivity index (χ3v) is 5.96. The summed E-state index contributed by atoms with van der Waals surface area (Å²) in [6.45, 7) is 2.22. The molecule has 0 spiro atoms. The normalized spacial score (nSPS) is 15.0. The smallest absolute Gasteiger partial charge is 0.257 e. The van der Waals surface area contributed by atoms with Crippen LogP contribution in [0.3, 0.4) is 0 Å². The summed E-state index contributed by atoms with van der Waals surface area (Å²) in [5, 5.41) is 0.454. The van der Waals surface area contributed by atoms with Crippen LogP contribution < -0.4 is 10.5 Å². The number of nitrogens with two attached hydrogens (primary N) is 1. The van der Waals surface area contributed by atoms with E-state index in [4.69, 9.17) is 22.1 Å². The number of aryl methyl sites for hydroxylation is 1. The molecule has 2 N–H and O–H groups in total. The first kappa shape index (κ1) is 21.7. The first-order valence-electron chi connectivity index (χ1n) is 10.2. The Morgan fingerprint density at radius 2 is 1.72 bits per heavy atom. The number of halogens is 1. The molecule has 0 atom stereocenters. The maximum absolute atomic E-state index is 13.0. The Labute approximate surface area is 192 Å². The van der Waals surface area contributed by atoms with Crippen molar-refractivity contribution < 1.29 is 14.3 Å². The van der Waals surface area contributed by atoms with Crippen LogP contribution in [0.2, 0.25) is 5.02 Å². The Morgan fingerprint density at radius 3 is 2.38 bits per heavy atom. The van der Waals surface area contributed by atoms with Crippen LogP contribution in [0, 0.1) is 6.92 Å². The molecule has 1 saturated heterocycles. The summed E-state index contributed by atoms with van der Waals surface area (Å²) in [5.74, 6) is 0.135. The number of ether oxygens (including phenoxy) is 1. The first-order chi connectivity index (χ1) is 15.4. The minimum absolute atomic E-state index is 0.0134. The van der Waals surface area contributed by atoms with Gasteiger partial charge in [0, 0.05) is 22.4 Å². The lowest BCUT2D eigenvalue weighted by molar-refractivity contribution is -0.138. The molecular weight excluding hydrogens is 424 g/mol. The molecule has 2 amide bonds. The monoisotopic (exact) mass is 446 g/mol. The van der Waals surface area contributed by atoms with Crippen LogP contribution in [0.1, 0.15) is 23.1 Å². The quantitative estimate of drug-likeness (QED) is 0.330. The molecule has 162 valence electrons. The van der Waals surface area contributed by atoms with Crippen LogP contribution in [0.5, 0.6) is 5.75 Å². The largest absolute Gasteiger partial charge is 0.497 e. The van der Waals surface area contributed by atoms with Gasteiger partial charge in [0.1, 0.15) is 5.75 Å². The van der Waals surface area contributed by atoms with Gasteiger partial charge in [0.2, 0.25) is 5.91 Å². The number of hydrogen-bond acceptors (Lipinski definition) is 4. The average molecular weight is 447 g/mol. The van der Waals surface area contributed by atoms with E-state index in [0.29, 0.717) is 27.6 Å². The third-order valence-electron chi connectivity index (χ3n) is 5.56. The Kier molecular flexibility index (Phi) is 6.01.